The number of nitrogens with two attached hydrogens (primary N) is 1. The maximum atomic E-state index is 11.8. The largest absolute Gasteiger partial charge is 0.493 e. The van der Waals surface area contributed by atoms with Crippen LogP contribution < -0.4 is 10.5 Å². The molecule has 2 rings (SSSR count). The van der Waals surface area contributed by atoms with E-state index < -0.39 is 6.04 Å². The molecule has 2 N–H and O–H groups in total. The summed E-state index contributed by atoms with van der Waals surface area (Å²) < 4.78 is 5.44. The molecule has 0 fully saturated rings. The van der Waals surface area contributed by atoms with Gasteiger partial charge in [-0.1, -0.05) is 11.6 Å². The van der Waals surface area contributed by atoms with Crippen LogP contribution in [0.4, 0.5) is 0 Å². The molecule has 0 bridgehead atoms. The number of fused-ring (bicyclic) bond motifs is 1. The van der Waals surface area contributed by atoms with E-state index in [9.17, 15) is 4.79 Å². The van der Waals surface area contributed by atoms with Gasteiger partial charge in [0.05, 0.1) is 18.2 Å². The zero-order valence-corrected chi connectivity index (χ0v) is 8.12. The van der Waals surface area contributed by atoms with Crippen molar-refractivity contribution in [2.75, 3.05) is 6.61 Å². The summed E-state index contributed by atoms with van der Waals surface area (Å²) in [5.41, 5.74) is 7.38. The molecule has 1 unspecified atom stereocenters. The zero-order chi connectivity index (χ0) is 10.1. The second kappa shape index (κ2) is 3.42. The molecule has 0 saturated heterocycles. The first-order valence-electron chi connectivity index (χ1n) is 4.72. The lowest BCUT2D eigenvalue weighted by molar-refractivity contribution is 0.0960. The van der Waals surface area contributed by atoms with Crippen molar-refractivity contribution in [1.82, 2.24) is 0 Å². The predicted molar refractivity (Wildman–Crippen MR) is 53.6 cm³/mol. The van der Waals surface area contributed by atoms with E-state index in [0.717, 1.165) is 5.56 Å². The van der Waals surface area contributed by atoms with E-state index in [2.05, 4.69) is 0 Å². The van der Waals surface area contributed by atoms with Gasteiger partial charge in [0.1, 0.15) is 5.75 Å². The molecule has 74 valence electrons. The van der Waals surface area contributed by atoms with Gasteiger partial charge in [0.15, 0.2) is 5.78 Å². The van der Waals surface area contributed by atoms with E-state index in [-0.39, 0.29) is 5.78 Å². The van der Waals surface area contributed by atoms with Crippen molar-refractivity contribution < 1.29 is 9.53 Å². The van der Waals surface area contributed by atoms with Crippen LogP contribution in [0, 0.1) is 6.92 Å². The topological polar surface area (TPSA) is 52.3 Å². The molecule has 0 radical (unpaired) electrons. The first-order chi connectivity index (χ1) is 6.68. The molecule has 0 aromatic heterocycles. The van der Waals surface area contributed by atoms with E-state index in [0.29, 0.717) is 24.3 Å². The molecule has 1 aromatic rings. The van der Waals surface area contributed by atoms with Gasteiger partial charge >= 0.3 is 0 Å². The van der Waals surface area contributed by atoms with Gasteiger partial charge in [-0.3, -0.25) is 4.79 Å². The fourth-order valence-electron chi connectivity index (χ4n) is 1.59. The highest BCUT2D eigenvalue weighted by molar-refractivity contribution is 6.02. The average Bonchev–Trinajstić information content (AvgIpc) is 2.30. The lowest BCUT2D eigenvalue weighted by atomic mass is 10.0. The van der Waals surface area contributed by atoms with Gasteiger partial charge in [-0.2, -0.15) is 0 Å². The normalized spacial score (nSPS) is 21.0. The fourth-order valence-corrected chi connectivity index (χ4v) is 1.59. The van der Waals surface area contributed by atoms with Crippen molar-refractivity contribution in [3.05, 3.63) is 29.3 Å². The summed E-state index contributed by atoms with van der Waals surface area (Å²) in [7, 11) is 0. The smallest absolute Gasteiger partial charge is 0.183 e. The van der Waals surface area contributed by atoms with Crippen molar-refractivity contribution in [3.8, 4) is 5.75 Å². The third-order valence-corrected chi connectivity index (χ3v) is 2.42. The molecular formula is C11H13NO2. The quantitative estimate of drug-likeness (QED) is 0.672. The summed E-state index contributed by atoms with van der Waals surface area (Å²) in [6.45, 7) is 2.47. The summed E-state index contributed by atoms with van der Waals surface area (Å²) in [5, 5.41) is 0. The molecule has 0 amide bonds. The Hall–Kier alpha value is -1.35. The van der Waals surface area contributed by atoms with Gasteiger partial charge < -0.3 is 10.5 Å². The van der Waals surface area contributed by atoms with Crippen LogP contribution >= 0.6 is 0 Å². The zero-order valence-electron chi connectivity index (χ0n) is 8.12. The molecule has 1 aliphatic rings. The van der Waals surface area contributed by atoms with Crippen LogP contribution in [-0.4, -0.2) is 18.4 Å². The number of carbonyl (C=O) groups excluding carboxylic acids is 1. The van der Waals surface area contributed by atoms with E-state index in [1.807, 2.05) is 25.1 Å². The van der Waals surface area contributed by atoms with Gasteiger partial charge in [0.25, 0.3) is 0 Å². The Balaban J connectivity index is 2.50. The third kappa shape index (κ3) is 1.51. The van der Waals surface area contributed by atoms with Crippen molar-refractivity contribution in [1.29, 1.82) is 0 Å². The minimum absolute atomic E-state index is 0.0128. The summed E-state index contributed by atoms with van der Waals surface area (Å²) in [6, 6.07) is 5.19. The summed E-state index contributed by atoms with van der Waals surface area (Å²) in [4.78, 5) is 11.8. The number of carbonyl (C=O) groups is 1. The van der Waals surface area contributed by atoms with E-state index in [1.165, 1.54) is 0 Å². The number of ketones is 1. The Labute approximate surface area is 82.9 Å². The maximum absolute atomic E-state index is 11.8. The Morgan fingerprint density at radius 1 is 1.50 bits per heavy atom. The highest BCUT2D eigenvalue weighted by Gasteiger charge is 2.23. The van der Waals surface area contributed by atoms with Gasteiger partial charge in [-0.15, -0.1) is 0 Å². The Bertz CT molecular complexity index is 374. The summed E-state index contributed by atoms with van der Waals surface area (Å²) in [6.07, 6.45) is 0.590. The molecule has 0 spiro atoms. The second-order valence-corrected chi connectivity index (χ2v) is 3.61. The maximum Gasteiger partial charge on any atom is 0.183 e. The number of aryl methyl sites for hydroxylation is 1. The van der Waals surface area contributed by atoms with Crippen LogP contribution in [0.5, 0.6) is 5.75 Å². The SMILES string of the molecule is Cc1ccc2c(c1)C(=O)C(N)CCO2. The van der Waals surface area contributed by atoms with Gasteiger partial charge in [0.2, 0.25) is 0 Å². The minimum atomic E-state index is -0.418. The summed E-state index contributed by atoms with van der Waals surface area (Å²) >= 11 is 0. The standard InChI is InChI=1S/C11H13NO2/c1-7-2-3-10-8(6-7)11(13)9(12)4-5-14-10/h2-3,6,9H,4-5,12H2,1H3. The monoisotopic (exact) mass is 191 g/mol. The van der Waals surface area contributed by atoms with Crippen LogP contribution in [0.2, 0.25) is 0 Å². The van der Waals surface area contributed by atoms with Gasteiger partial charge in [-0.05, 0) is 19.1 Å². The molecule has 1 atom stereocenters. The van der Waals surface area contributed by atoms with Crippen molar-refractivity contribution in [2.24, 2.45) is 5.73 Å². The number of benzene rings is 1. The second-order valence-electron chi connectivity index (χ2n) is 3.61. The van der Waals surface area contributed by atoms with Crippen LogP contribution in [0.15, 0.2) is 18.2 Å². The highest BCUT2D eigenvalue weighted by atomic mass is 16.5. The molecule has 14 heavy (non-hydrogen) atoms. The molecule has 1 aliphatic heterocycles. The number of hydrogen-bond donors (Lipinski definition) is 1. The number of Topliss-reactive ketones (excluding diaryl/α,β-unsaturated/α-hetero) is 1. The molecule has 0 saturated carbocycles. The van der Waals surface area contributed by atoms with E-state index in [1.54, 1.807) is 0 Å². The van der Waals surface area contributed by atoms with E-state index in [4.69, 9.17) is 10.5 Å². The van der Waals surface area contributed by atoms with Crippen LogP contribution in [0.3, 0.4) is 0 Å². The lowest BCUT2D eigenvalue weighted by Crippen LogP contribution is -2.30. The fraction of sp³-hybridized carbons (Fsp3) is 0.364. The molecule has 0 aliphatic carbocycles. The molecule has 1 heterocycles. The lowest BCUT2D eigenvalue weighted by Gasteiger charge is -2.06. The van der Waals surface area contributed by atoms with Crippen LogP contribution in [0.1, 0.15) is 22.3 Å². The van der Waals surface area contributed by atoms with Gasteiger partial charge in [-0.25, -0.2) is 0 Å². The average molecular weight is 191 g/mol. The van der Waals surface area contributed by atoms with Crippen molar-refractivity contribution in [2.45, 2.75) is 19.4 Å². The predicted octanol–water partition coefficient (Wildman–Crippen LogP) is 1.29. The van der Waals surface area contributed by atoms with Gasteiger partial charge in [0, 0.05) is 6.42 Å². The summed E-state index contributed by atoms with van der Waals surface area (Å²) in [5.74, 6) is 0.648. The van der Waals surface area contributed by atoms with Crippen molar-refractivity contribution >= 4 is 5.78 Å². The molecule has 3 heteroatoms. The van der Waals surface area contributed by atoms with E-state index >= 15 is 0 Å². The highest BCUT2D eigenvalue weighted by Crippen LogP contribution is 2.24. The Morgan fingerprint density at radius 3 is 3.07 bits per heavy atom. The van der Waals surface area contributed by atoms with Crippen LogP contribution in [-0.2, 0) is 0 Å². The minimum Gasteiger partial charge on any atom is -0.493 e. The Kier molecular flexibility index (Phi) is 2.25. The number of hydrogen-bond acceptors (Lipinski definition) is 3. The molecular weight excluding hydrogens is 178 g/mol. The number of ether oxygens (including phenoxy) is 1. The molecule has 3 nitrogen and oxygen atoms in total. The number of rotatable bonds is 0. The van der Waals surface area contributed by atoms with Crippen molar-refractivity contribution in [3.63, 3.8) is 0 Å². The Morgan fingerprint density at radius 2 is 2.29 bits per heavy atom. The molecule has 1 aromatic carbocycles. The first-order valence-corrected chi connectivity index (χ1v) is 4.72. The third-order valence-electron chi connectivity index (χ3n) is 2.42. The first kappa shape index (κ1) is 9.21. The van der Waals surface area contributed by atoms with Crippen LogP contribution in [0.25, 0.3) is 0 Å².